The number of carboxylic acids is 1. The standard InChI is InChI=1S/C14H19N3O3/c1-8-5-12(15-16(8)2)13(18)17-6-10(9-3-4-9)11(7-17)14(19)20/h5,9-11H,3-4,6-7H2,1-2H3,(H,19,20)/t10-,11+/m1/s1. The second-order valence-corrected chi connectivity index (χ2v) is 5.95. The Morgan fingerprint density at radius 1 is 1.35 bits per heavy atom. The number of aliphatic carboxylic acids is 1. The molecule has 1 aliphatic carbocycles. The molecule has 1 saturated carbocycles. The van der Waals surface area contributed by atoms with Gasteiger partial charge in [-0.2, -0.15) is 5.10 Å². The largest absolute Gasteiger partial charge is 0.481 e. The highest BCUT2D eigenvalue weighted by Gasteiger charge is 2.47. The molecule has 3 rings (SSSR count). The minimum absolute atomic E-state index is 0.112. The molecule has 2 fully saturated rings. The van der Waals surface area contributed by atoms with Crippen molar-refractivity contribution >= 4 is 11.9 Å². The summed E-state index contributed by atoms with van der Waals surface area (Å²) in [5.41, 5.74) is 1.33. The summed E-state index contributed by atoms with van der Waals surface area (Å²) >= 11 is 0. The van der Waals surface area contributed by atoms with Gasteiger partial charge in [0.25, 0.3) is 5.91 Å². The number of rotatable bonds is 3. The molecule has 1 aromatic rings. The zero-order chi connectivity index (χ0) is 14.4. The summed E-state index contributed by atoms with van der Waals surface area (Å²) in [7, 11) is 1.79. The number of amides is 1. The van der Waals surface area contributed by atoms with Crippen LogP contribution in [-0.4, -0.2) is 44.8 Å². The number of carbonyl (C=O) groups is 2. The molecular formula is C14H19N3O3. The first-order valence-electron chi connectivity index (χ1n) is 7.00. The van der Waals surface area contributed by atoms with Crippen molar-refractivity contribution < 1.29 is 14.7 Å². The molecular weight excluding hydrogens is 258 g/mol. The van der Waals surface area contributed by atoms with Crippen LogP contribution >= 0.6 is 0 Å². The summed E-state index contributed by atoms with van der Waals surface area (Å²) in [6.07, 6.45) is 2.19. The van der Waals surface area contributed by atoms with Crippen molar-refractivity contribution in [2.24, 2.45) is 24.8 Å². The van der Waals surface area contributed by atoms with Crippen molar-refractivity contribution in [1.82, 2.24) is 14.7 Å². The normalized spacial score (nSPS) is 26.0. The lowest BCUT2D eigenvalue weighted by Gasteiger charge is -2.14. The highest BCUT2D eigenvalue weighted by molar-refractivity contribution is 5.93. The second kappa shape index (κ2) is 4.61. The van der Waals surface area contributed by atoms with Crippen molar-refractivity contribution in [2.45, 2.75) is 19.8 Å². The molecule has 6 heteroatoms. The number of nitrogens with zero attached hydrogens (tertiary/aromatic N) is 3. The highest BCUT2D eigenvalue weighted by atomic mass is 16.4. The van der Waals surface area contributed by atoms with Gasteiger partial charge in [-0.1, -0.05) is 0 Å². The Hall–Kier alpha value is -1.85. The zero-order valence-corrected chi connectivity index (χ0v) is 11.7. The Morgan fingerprint density at radius 2 is 2.05 bits per heavy atom. The second-order valence-electron chi connectivity index (χ2n) is 5.95. The predicted molar refractivity (Wildman–Crippen MR) is 71.2 cm³/mol. The minimum Gasteiger partial charge on any atom is -0.481 e. The number of likely N-dealkylation sites (tertiary alicyclic amines) is 1. The Bertz CT molecular complexity index is 543. The van der Waals surface area contributed by atoms with E-state index in [0.29, 0.717) is 24.7 Å². The first kappa shape index (κ1) is 13.1. The Balaban J connectivity index is 1.77. The van der Waals surface area contributed by atoms with Gasteiger partial charge in [-0.3, -0.25) is 14.3 Å². The van der Waals surface area contributed by atoms with Gasteiger partial charge in [0.2, 0.25) is 0 Å². The molecule has 6 nitrogen and oxygen atoms in total. The fourth-order valence-corrected chi connectivity index (χ4v) is 3.09. The van der Waals surface area contributed by atoms with E-state index in [0.717, 1.165) is 18.5 Å². The maximum absolute atomic E-state index is 12.4. The van der Waals surface area contributed by atoms with Crippen LogP contribution in [0.5, 0.6) is 0 Å². The molecule has 0 radical (unpaired) electrons. The third-order valence-corrected chi connectivity index (χ3v) is 4.53. The van der Waals surface area contributed by atoms with E-state index >= 15 is 0 Å². The Morgan fingerprint density at radius 3 is 2.55 bits per heavy atom. The fraction of sp³-hybridized carbons (Fsp3) is 0.643. The van der Waals surface area contributed by atoms with Crippen molar-refractivity contribution in [2.75, 3.05) is 13.1 Å². The van der Waals surface area contributed by atoms with Gasteiger partial charge in [-0.25, -0.2) is 0 Å². The molecule has 1 aliphatic heterocycles. The Labute approximate surface area is 117 Å². The van der Waals surface area contributed by atoms with E-state index in [1.165, 1.54) is 0 Å². The summed E-state index contributed by atoms with van der Waals surface area (Å²) in [5, 5.41) is 13.5. The summed E-state index contributed by atoms with van der Waals surface area (Å²) in [5.74, 6) is -0.755. The number of aromatic nitrogens is 2. The van der Waals surface area contributed by atoms with Gasteiger partial charge in [-0.05, 0) is 37.7 Å². The number of hydrogen-bond donors (Lipinski definition) is 1. The first-order valence-corrected chi connectivity index (χ1v) is 7.00. The van der Waals surface area contributed by atoms with Crippen molar-refractivity contribution in [3.63, 3.8) is 0 Å². The summed E-state index contributed by atoms with van der Waals surface area (Å²) < 4.78 is 1.66. The zero-order valence-electron chi connectivity index (χ0n) is 11.7. The van der Waals surface area contributed by atoms with Crippen LogP contribution in [0.4, 0.5) is 0 Å². The lowest BCUT2D eigenvalue weighted by Crippen LogP contribution is -2.30. The van der Waals surface area contributed by atoms with Crippen LogP contribution in [0, 0.1) is 24.7 Å². The average molecular weight is 277 g/mol. The maximum Gasteiger partial charge on any atom is 0.308 e. The maximum atomic E-state index is 12.4. The van der Waals surface area contributed by atoms with Crippen LogP contribution in [-0.2, 0) is 11.8 Å². The number of aryl methyl sites for hydroxylation is 2. The summed E-state index contributed by atoms with van der Waals surface area (Å²) in [6.45, 7) is 2.75. The van der Waals surface area contributed by atoms with E-state index < -0.39 is 11.9 Å². The van der Waals surface area contributed by atoms with E-state index in [-0.39, 0.29) is 11.8 Å². The predicted octanol–water partition coefficient (Wildman–Crippen LogP) is 0.911. The van der Waals surface area contributed by atoms with Crippen molar-refractivity contribution in [3.8, 4) is 0 Å². The van der Waals surface area contributed by atoms with Crippen LogP contribution in [0.1, 0.15) is 29.0 Å². The molecule has 2 aliphatic rings. The summed E-state index contributed by atoms with van der Waals surface area (Å²) in [4.78, 5) is 25.4. The van der Waals surface area contributed by atoms with E-state index in [9.17, 15) is 14.7 Å². The monoisotopic (exact) mass is 277 g/mol. The molecule has 1 saturated heterocycles. The molecule has 0 aromatic carbocycles. The van der Waals surface area contributed by atoms with Crippen molar-refractivity contribution in [1.29, 1.82) is 0 Å². The van der Waals surface area contributed by atoms with Gasteiger partial charge >= 0.3 is 5.97 Å². The summed E-state index contributed by atoms with van der Waals surface area (Å²) in [6, 6.07) is 1.75. The fourth-order valence-electron chi connectivity index (χ4n) is 3.09. The molecule has 0 spiro atoms. The third kappa shape index (κ3) is 2.19. The molecule has 0 bridgehead atoms. The molecule has 2 atom stereocenters. The number of carbonyl (C=O) groups excluding carboxylic acids is 1. The van der Waals surface area contributed by atoms with Gasteiger partial charge < -0.3 is 10.0 Å². The van der Waals surface area contributed by atoms with E-state index in [1.54, 1.807) is 22.7 Å². The highest BCUT2D eigenvalue weighted by Crippen LogP contribution is 2.44. The third-order valence-electron chi connectivity index (χ3n) is 4.53. The molecule has 1 aromatic heterocycles. The van der Waals surface area contributed by atoms with Gasteiger partial charge in [0, 0.05) is 25.8 Å². The van der Waals surface area contributed by atoms with Crippen LogP contribution in [0.3, 0.4) is 0 Å². The van der Waals surface area contributed by atoms with E-state index in [1.807, 2.05) is 6.92 Å². The van der Waals surface area contributed by atoms with Crippen molar-refractivity contribution in [3.05, 3.63) is 17.5 Å². The molecule has 1 amide bonds. The van der Waals surface area contributed by atoms with Crippen LogP contribution in [0.15, 0.2) is 6.07 Å². The van der Waals surface area contributed by atoms with Gasteiger partial charge in [-0.15, -0.1) is 0 Å². The quantitative estimate of drug-likeness (QED) is 0.891. The van der Waals surface area contributed by atoms with Gasteiger partial charge in [0.15, 0.2) is 5.69 Å². The average Bonchev–Trinajstić information content (AvgIpc) is 3.05. The van der Waals surface area contributed by atoms with E-state index in [2.05, 4.69) is 5.10 Å². The van der Waals surface area contributed by atoms with Gasteiger partial charge in [0.05, 0.1) is 5.92 Å². The van der Waals surface area contributed by atoms with E-state index in [4.69, 9.17) is 0 Å². The Kier molecular flexibility index (Phi) is 3.03. The molecule has 1 N–H and O–H groups in total. The number of carboxylic acid groups (broad SMARTS) is 1. The van der Waals surface area contributed by atoms with Crippen LogP contribution < -0.4 is 0 Å². The molecule has 20 heavy (non-hydrogen) atoms. The topological polar surface area (TPSA) is 75.4 Å². The number of hydrogen-bond acceptors (Lipinski definition) is 3. The minimum atomic E-state index is -0.783. The molecule has 2 heterocycles. The molecule has 0 unspecified atom stereocenters. The molecule has 108 valence electrons. The first-order chi connectivity index (χ1) is 9.47. The van der Waals surface area contributed by atoms with Crippen LogP contribution in [0.25, 0.3) is 0 Å². The SMILES string of the molecule is Cc1cc(C(=O)N2C[C@H](C(=O)O)[C@@H](C3CC3)C2)nn1C. The smallest absolute Gasteiger partial charge is 0.308 e. The lowest BCUT2D eigenvalue weighted by molar-refractivity contribution is -0.142. The lowest BCUT2D eigenvalue weighted by atomic mass is 9.92. The van der Waals surface area contributed by atoms with Crippen LogP contribution in [0.2, 0.25) is 0 Å². The van der Waals surface area contributed by atoms with Gasteiger partial charge in [0.1, 0.15) is 0 Å².